The van der Waals surface area contributed by atoms with Crippen molar-refractivity contribution in [2.75, 3.05) is 7.11 Å². The fourth-order valence-corrected chi connectivity index (χ4v) is 3.45. The molecule has 0 saturated heterocycles. The number of aryl methyl sites for hydroxylation is 1. The van der Waals surface area contributed by atoms with Crippen LogP contribution in [0.4, 0.5) is 0 Å². The molecule has 7 heteroatoms. The Morgan fingerprint density at radius 1 is 1.14 bits per heavy atom. The topological polar surface area (TPSA) is 74.1 Å². The number of fused-ring (bicyclic) bond motifs is 1. The van der Waals surface area contributed by atoms with Crippen LogP contribution in [0.2, 0.25) is 0 Å². The quantitative estimate of drug-likeness (QED) is 0.739. The number of methoxy groups -OCH3 is 1. The first-order valence-electron chi connectivity index (χ1n) is 6.25. The van der Waals surface area contributed by atoms with Crippen molar-refractivity contribution in [2.45, 2.75) is 11.8 Å². The Balaban J connectivity index is 2.19. The van der Waals surface area contributed by atoms with Crippen LogP contribution in [0.25, 0.3) is 11.0 Å². The first-order valence-corrected chi connectivity index (χ1v) is 7.69. The van der Waals surface area contributed by atoms with E-state index in [9.17, 15) is 8.42 Å². The molecule has 0 amide bonds. The number of ether oxygens (including phenoxy) is 1. The lowest BCUT2D eigenvalue weighted by Crippen LogP contribution is -2.14. The fourth-order valence-electron chi connectivity index (χ4n) is 2.14. The van der Waals surface area contributed by atoms with Gasteiger partial charge in [-0.3, -0.25) is 0 Å². The molecule has 0 aliphatic carbocycles. The van der Waals surface area contributed by atoms with Crippen molar-refractivity contribution in [3.63, 3.8) is 0 Å². The summed E-state index contributed by atoms with van der Waals surface area (Å²) in [5.41, 5.74) is 1.72. The van der Waals surface area contributed by atoms with E-state index < -0.39 is 10.0 Å². The summed E-state index contributed by atoms with van der Waals surface area (Å²) in [5, 5.41) is 7.64. The van der Waals surface area contributed by atoms with Gasteiger partial charge in [-0.1, -0.05) is 17.3 Å². The fraction of sp³-hybridized carbons (Fsp3) is 0.143. The molecular weight excluding hydrogens is 290 g/mol. The monoisotopic (exact) mass is 303 g/mol. The summed E-state index contributed by atoms with van der Waals surface area (Å²) in [6, 6.07) is 11.6. The van der Waals surface area contributed by atoms with Crippen molar-refractivity contribution in [1.82, 2.24) is 14.4 Å². The third kappa shape index (κ3) is 2.15. The molecule has 21 heavy (non-hydrogen) atoms. The maximum absolute atomic E-state index is 12.7. The maximum atomic E-state index is 12.7. The van der Waals surface area contributed by atoms with Crippen LogP contribution < -0.4 is 4.74 Å². The molecule has 1 heterocycles. The normalized spacial score (nSPS) is 11.7. The minimum Gasteiger partial charge on any atom is -0.496 e. The van der Waals surface area contributed by atoms with Crippen molar-refractivity contribution in [3.8, 4) is 5.75 Å². The Morgan fingerprint density at radius 3 is 2.62 bits per heavy atom. The van der Waals surface area contributed by atoms with Crippen LogP contribution in [0.5, 0.6) is 5.75 Å². The smallest absolute Gasteiger partial charge is 0.284 e. The molecule has 0 aliphatic heterocycles. The molecule has 0 aliphatic rings. The van der Waals surface area contributed by atoms with Gasteiger partial charge in [0.25, 0.3) is 10.0 Å². The Morgan fingerprint density at radius 2 is 1.90 bits per heavy atom. The van der Waals surface area contributed by atoms with E-state index in [1.807, 2.05) is 0 Å². The molecule has 3 rings (SSSR count). The summed E-state index contributed by atoms with van der Waals surface area (Å²) >= 11 is 0. The molecule has 0 unspecified atom stereocenters. The van der Waals surface area contributed by atoms with Gasteiger partial charge in [0.1, 0.15) is 16.8 Å². The number of hydrogen-bond acceptors (Lipinski definition) is 5. The molecule has 0 saturated carbocycles. The van der Waals surface area contributed by atoms with E-state index in [0.29, 0.717) is 16.8 Å². The molecule has 0 bridgehead atoms. The van der Waals surface area contributed by atoms with Crippen molar-refractivity contribution in [2.24, 2.45) is 0 Å². The predicted octanol–water partition coefficient (Wildman–Crippen LogP) is 1.99. The summed E-state index contributed by atoms with van der Waals surface area (Å²) in [6.45, 7) is 1.79. The highest BCUT2D eigenvalue weighted by atomic mass is 32.2. The van der Waals surface area contributed by atoms with Gasteiger partial charge in [0.15, 0.2) is 0 Å². The zero-order chi connectivity index (χ0) is 15.0. The largest absolute Gasteiger partial charge is 0.496 e. The van der Waals surface area contributed by atoms with E-state index in [4.69, 9.17) is 4.74 Å². The zero-order valence-electron chi connectivity index (χ0n) is 11.5. The molecular formula is C14H13N3O3S. The van der Waals surface area contributed by atoms with E-state index in [2.05, 4.69) is 10.3 Å². The van der Waals surface area contributed by atoms with Gasteiger partial charge in [0.05, 0.1) is 12.0 Å². The van der Waals surface area contributed by atoms with Gasteiger partial charge in [0, 0.05) is 0 Å². The molecule has 2 aromatic carbocycles. The molecule has 0 radical (unpaired) electrons. The van der Waals surface area contributed by atoms with Gasteiger partial charge in [-0.15, -0.1) is 9.19 Å². The van der Waals surface area contributed by atoms with Crippen molar-refractivity contribution >= 4 is 21.1 Å². The van der Waals surface area contributed by atoms with Crippen LogP contribution in [0.3, 0.4) is 0 Å². The highest BCUT2D eigenvalue weighted by Gasteiger charge is 2.21. The molecule has 3 aromatic rings. The van der Waals surface area contributed by atoms with Gasteiger partial charge < -0.3 is 4.74 Å². The molecule has 0 atom stereocenters. The summed E-state index contributed by atoms with van der Waals surface area (Å²) in [5.74, 6) is 0.636. The zero-order valence-corrected chi connectivity index (χ0v) is 12.3. The Bertz CT molecular complexity index is 916. The van der Waals surface area contributed by atoms with Gasteiger partial charge in [0.2, 0.25) is 0 Å². The highest BCUT2D eigenvalue weighted by Crippen LogP contribution is 2.24. The van der Waals surface area contributed by atoms with E-state index >= 15 is 0 Å². The number of para-hydroxylation sites is 1. The van der Waals surface area contributed by atoms with E-state index in [-0.39, 0.29) is 4.90 Å². The number of nitrogens with zero attached hydrogens (tertiary/aromatic N) is 3. The van der Waals surface area contributed by atoms with Gasteiger partial charge in [-0.25, -0.2) is 0 Å². The lowest BCUT2D eigenvalue weighted by molar-refractivity contribution is 0.411. The molecule has 6 nitrogen and oxygen atoms in total. The number of rotatable bonds is 3. The van der Waals surface area contributed by atoms with Crippen LogP contribution in [0, 0.1) is 6.92 Å². The predicted molar refractivity (Wildman–Crippen MR) is 77.8 cm³/mol. The molecule has 1 aromatic heterocycles. The van der Waals surface area contributed by atoms with E-state index in [1.165, 1.54) is 6.07 Å². The van der Waals surface area contributed by atoms with Crippen LogP contribution >= 0.6 is 0 Å². The summed E-state index contributed by atoms with van der Waals surface area (Å²) in [4.78, 5) is 0.149. The van der Waals surface area contributed by atoms with E-state index in [1.54, 1.807) is 50.4 Å². The number of benzene rings is 2. The molecule has 0 spiro atoms. The first-order chi connectivity index (χ1) is 10.0. The first kappa shape index (κ1) is 13.6. The van der Waals surface area contributed by atoms with E-state index in [0.717, 1.165) is 9.65 Å². The third-order valence-electron chi connectivity index (χ3n) is 3.21. The highest BCUT2D eigenvalue weighted by molar-refractivity contribution is 7.90. The van der Waals surface area contributed by atoms with Crippen LogP contribution in [0.1, 0.15) is 5.56 Å². The van der Waals surface area contributed by atoms with Crippen LogP contribution in [0.15, 0.2) is 47.4 Å². The van der Waals surface area contributed by atoms with Crippen molar-refractivity contribution in [3.05, 3.63) is 48.0 Å². The molecule has 0 N–H and O–H groups in total. The van der Waals surface area contributed by atoms with Gasteiger partial charge in [-0.2, -0.15) is 8.42 Å². The van der Waals surface area contributed by atoms with Crippen LogP contribution in [-0.2, 0) is 10.0 Å². The summed E-state index contributed by atoms with van der Waals surface area (Å²) in [7, 11) is -2.24. The second kappa shape index (κ2) is 4.85. The van der Waals surface area contributed by atoms with Crippen molar-refractivity contribution in [1.29, 1.82) is 0 Å². The molecule has 108 valence electrons. The Labute approximate surface area is 122 Å². The van der Waals surface area contributed by atoms with Crippen LogP contribution in [-0.4, -0.2) is 29.9 Å². The Kier molecular flexibility index (Phi) is 3.13. The second-order valence-electron chi connectivity index (χ2n) is 4.56. The number of hydrogen-bond donors (Lipinski definition) is 0. The Hall–Kier alpha value is -2.41. The second-order valence-corrected chi connectivity index (χ2v) is 6.32. The van der Waals surface area contributed by atoms with Gasteiger partial charge >= 0.3 is 0 Å². The average Bonchev–Trinajstić information content (AvgIpc) is 2.91. The van der Waals surface area contributed by atoms with Crippen molar-refractivity contribution < 1.29 is 13.2 Å². The number of aromatic nitrogens is 3. The lowest BCUT2D eigenvalue weighted by Gasteiger charge is -2.08. The summed E-state index contributed by atoms with van der Waals surface area (Å²) in [6.07, 6.45) is 0. The lowest BCUT2D eigenvalue weighted by atomic mass is 10.2. The average molecular weight is 303 g/mol. The minimum atomic E-state index is -3.78. The van der Waals surface area contributed by atoms with Gasteiger partial charge in [-0.05, 0) is 42.8 Å². The molecule has 0 fully saturated rings. The standard InChI is InChI=1S/C14H13N3O3S/c1-10-9-11(7-8-14(10)20-2)21(18,19)17-13-6-4-3-5-12(13)15-16-17/h3-9H,1-2H3. The SMILES string of the molecule is COc1ccc(S(=O)(=O)n2nnc3ccccc32)cc1C. The maximum Gasteiger partial charge on any atom is 0.284 e. The summed E-state index contributed by atoms with van der Waals surface area (Å²) < 4.78 is 31.5. The minimum absolute atomic E-state index is 0.149. The third-order valence-corrected chi connectivity index (χ3v) is 4.79.